The van der Waals surface area contributed by atoms with Gasteiger partial charge in [0.15, 0.2) is 5.65 Å². The number of carbonyl (C=O) groups excluding carboxylic acids is 1. The summed E-state index contributed by atoms with van der Waals surface area (Å²) in [4.78, 5) is 17.0. The van der Waals surface area contributed by atoms with Crippen molar-refractivity contribution < 1.29 is 18.3 Å². The van der Waals surface area contributed by atoms with E-state index < -0.39 is 12.5 Å². The average Bonchev–Trinajstić information content (AvgIpc) is 3.07. The highest BCUT2D eigenvalue weighted by atomic mass is 32.2. The number of fused-ring (bicyclic) bond motifs is 3. The van der Waals surface area contributed by atoms with Gasteiger partial charge in [-0.25, -0.2) is 4.98 Å². The number of hydrogen-bond donors (Lipinski definition) is 1. The maximum atomic E-state index is 12.5. The molecule has 0 unspecified atom stereocenters. The van der Waals surface area contributed by atoms with Crippen molar-refractivity contribution in [1.29, 1.82) is 0 Å². The molecular weight excluding hydrogens is 424 g/mol. The molecule has 1 N–H and O–H groups in total. The van der Waals surface area contributed by atoms with Crippen LogP contribution in [-0.2, 0) is 11.3 Å². The van der Waals surface area contributed by atoms with E-state index in [1.807, 2.05) is 24.3 Å². The van der Waals surface area contributed by atoms with E-state index in [1.54, 1.807) is 12.1 Å². The third kappa shape index (κ3) is 4.58. The average molecular weight is 443 g/mol. The molecule has 0 atom stereocenters. The third-order valence-corrected chi connectivity index (χ3v) is 5.35. The monoisotopic (exact) mass is 443 g/mol. The third-order valence-electron chi connectivity index (χ3n) is 4.51. The maximum absolute atomic E-state index is 12.5. The molecule has 7 nitrogen and oxygen atoms in total. The fourth-order valence-electron chi connectivity index (χ4n) is 3.29. The molecule has 0 saturated heterocycles. The number of ether oxygens (including phenoxy) is 1. The Kier molecular flexibility index (Phi) is 6.26. The largest absolute Gasteiger partial charge is 0.433 e. The predicted molar refractivity (Wildman–Crippen MR) is 116 cm³/mol. The zero-order valence-corrected chi connectivity index (χ0v) is 17.4. The minimum absolute atomic E-state index is 0.00972. The van der Waals surface area contributed by atoms with Gasteiger partial charge in [0, 0.05) is 11.9 Å². The lowest BCUT2D eigenvalue weighted by Crippen LogP contribution is -2.16. The molecule has 4 rings (SSSR count). The molecule has 1 amide bonds. The fraction of sp³-hybridized carbons (Fsp3) is 0.238. The Balaban J connectivity index is 1.51. The number of nitrogens with zero attached hydrogens (tertiary/aromatic N) is 4. The quantitative estimate of drug-likeness (QED) is 0.397. The summed E-state index contributed by atoms with van der Waals surface area (Å²) >= 11 is 1.12. The van der Waals surface area contributed by atoms with Crippen LogP contribution >= 0.6 is 11.8 Å². The molecule has 0 aliphatic heterocycles. The van der Waals surface area contributed by atoms with E-state index in [1.165, 1.54) is 12.1 Å². The van der Waals surface area contributed by atoms with Gasteiger partial charge < -0.3 is 14.6 Å². The second kappa shape index (κ2) is 9.25. The summed E-state index contributed by atoms with van der Waals surface area (Å²) in [7, 11) is 0. The van der Waals surface area contributed by atoms with Gasteiger partial charge in [-0.05, 0) is 24.6 Å². The highest BCUT2D eigenvalue weighted by molar-refractivity contribution is 7.99. The standard InChI is InChI=1S/C21H19F2N5O2S/c1-2-11-28-15-9-5-3-7-13(15)18-19(28)25-21(27-26-18)31-12-17(29)24-14-8-4-6-10-16(14)30-20(22)23/h3-10,20H,2,11-12H2,1H3,(H,24,29). The lowest BCUT2D eigenvalue weighted by Gasteiger charge is -2.11. The van der Waals surface area contributed by atoms with E-state index in [-0.39, 0.29) is 17.2 Å². The number of anilines is 1. The van der Waals surface area contributed by atoms with Gasteiger partial charge in [-0.1, -0.05) is 49.0 Å². The zero-order chi connectivity index (χ0) is 21.8. The molecule has 0 saturated carbocycles. The normalized spacial score (nSPS) is 11.4. The summed E-state index contributed by atoms with van der Waals surface area (Å²) < 4.78 is 31.6. The second-order valence-electron chi connectivity index (χ2n) is 6.65. The van der Waals surface area contributed by atoms with Crippen molar-refractivity contribution in [1.82, 2.24) is 19.7 Å². The number of nitrogens with one attached hydrogen (secondary N) is 1. The van der Waals surface area contributed by atoms with E-state index in [4.69, 9.17) is 0 Å². The van der Waals surface area contributed by atoms with Crippen molar-refractivity contribution in [2.45, 2.75) is 31.7 Å². The fourth-order valence-corrected chi connectivity index (χ4v) is 3.87. The van der Waals surface area contributed by atoms with Crippen molar-refractivity contribution >= 4 is 45.4 Å². The van der Waals surface area contributed by atoms with E-state index in [9.17, 15) is 13.6 Å². The first-order chi connectivity index (χ1) is 15.1. The number of para-hydroxylation sites is 3. The molecule has 4 aromatic rings. The summed E-state index contributed by atoms with van der Waals surface area (Å²) in [6, 6.07) is 13.9. The smallest absolute Gasteiger partial charge is 0.387 e. The van der Waals surface area contributed by atoms with Crippen LogP contribution in [0.2, 0.25) is 0 Å². The molecule has 0 fully saturated rings. The minimum atomic E-state index is -2.98. The summed E-state index contributed by atoms with van der Waals surface area (Å²) in [6.45, 7) is -0.104. The van der Waals surface area contributed by atoms with Crippen LogP contribution in [0.5, 0.6) is 5.75 Å². The topological polar surface area (TPSA) is 81.9 Å². The van der Waals surface area contributed by atoms with Gasteiger partial charge in [0.2, 0.25) is 11.1 Å². The lowest BCUT2D eigenvalue weighted by atomic mass is 10.2. The Hall–Kier alpha value is -3.27. The number of aryl methyl sites for hydroxylation is 1. The van der Waals surface area contributed by atoms with Gasteiger partial charge >= 0.3 is 6.61 Å². The van der Waals surface area contributed by atoms with Crippen molar-refractivity contribution in [2.75, 3.05) is 11.1 Å². The molecule has 0 aliphatic rings. The maximum Gasteiger partial charge on any atom is 0.387 e. The lowest BCUT2D eigenvalue weighted by molar-refractivity contribution is -0.113. The summed E-state index contributed by atoms with van der Waals surface area (Å²) in [5.74, 6) is -0.503. The number of benzene rings is 2. The van der Waals surface area contributed by atoms with Crippen molar-refractivity contribution in [3.8, 4) is 5.75 Å². The second-order valence-corrected chi connectivity index (χ2v) is 7.59. The van der Waals surface area contributed by atoms with Crippen LogP contribution in [0.1, 0.15) is 13.3 Å². The predicted octanol–water partition coefficient (Wildman–Crippen LogP) is 4.72. The molecule has 0 spiro atoms. The van der Waals surface area contributed by atoms with Crippen LogP contribution in [0.25, 0.3) is 22.1 Å². The van der Waals surface area contributed by atoms with E-state index in [0.29, 0.717) is 5.16 Å². The first-order valence-corrected chi connectivity index (χ1v) is 10.6. The number of thioether (sulfide) groups is 1. The van der Waals surface area contributed by atoms with Gasteiger partial charge in [-0.2, -0.15) is 8.78 Å². The number of hydrogen-bond acceptors (Lipinski definition) is 6. The number of halogens is 2. The summed E-state index contributed by atoms with van der Waals surface area (Å²) in [5.41, 5.74) is 2.65. The number of amides is 1. The van der Waals surface area contributed by atoms with E-state index >= 15 is 0 Å². The first kappa shape index (κ1) is 21.0. The highest BCUT2D eigenvalue weighted by Crippen LogP contribution is 2.28. The van der Waals surface area contributed by atoms with Gasteiger partial charge in [-0.3, -0.25) is 4.79 Å². The highest BCUT2D eigenvalue weighted by Gasteiger charge is 2.16. The molecule has 31 heavy (non-hydrogen) atoms. The van der Waals surface area contributed by atoms with Gasteiger partial charge in [0.1, 0.15) is 11.3 Å². The van der Waals surface area contributed by atoms with Gasteiger partial charge in [0.05, 0.1) is 17.0 Å². The van der Waals surface area contributed by atoms with Crippen LogP contribution in [0.3, 0.4) is 0 Å². The Morgan fingerprint density at radius 2 is 1.94 bits per heavy atom. The first-order valence-electron chi connectivity index (χ1n) is 9.65. The summed E-state index contributed by atoms with van der Waals surface area (Å²) in [5, 5.41) is 12.4. The molecule has 2 heterocycles. The van der Waals surface area contributed by atoms with E-state index in [0.717, 1.165) is 46.8 Å². The summed E-state index contributed by atoms with van der Waals surface area (Å²) in [6.07, 6.45) is 0.933. The molecule has 10 heteroatoms. The SMILES string of the molecule is CCCn1c2ccccc2c2nnc(SCC(=O)Nc3ccccc3OC(F)F)nc21. The van der Waals surface area contributed by atoms with Gasteiger partial charge in [0.25, 0.3) is 0 Å². The Bertz CT molecular complexity index is 1230. The Labute approximate surface area is 180 Å². The molecule has 0 bridgehead atoms. The van der Waals surface area contributed by atoms with Crippen molar-refractivity contribution in [2.24, 2.45) is 0 Å². The number of aromatic nitrogens is 4. The number of alkyl halides is 2. The number of rotatable bonds is 8. The van der Waals surface area contributed by atoms with E-state index in [2.05, 4.69) is 36.7 Å². The van der Waals surface area contributed by atoms with Crippen molar-refractivity contribution in [3.63, 3.8) is 0 Å². The zero-order valence-electron chi connectivity index (χ0n) is 16.6. The number of carbonyl (C=O) groups is 1. The molecule has 0 radical (unpaired) electrons. The minimum Gasteiger partial charge on any atom is -0.433 e. The van der Waals surface area contributed by atoms with Crippen LogP contribution in [0, 0.1) is 0 Å². The Morgan fingerprint density at radius 3 is 2.74 bits per heavy atom. The molecule has 2 aromatic heterocycles. The molecule has 2 aromatic carbocycles. The Morgan fingerprint density at radius 1 is 1.16 bits per heavy atom. The van der Waals surface area contributed by atoms with Crippen LogP contribution in [0.4, 0.5) is 14.5 Å². The molecule has 0 aliphatic carbocycles. The van der Waals surface area contributed by atoms with Crippen LogP contribution in [-0.4, -0.2) is 38.0 Å². The molecule has 160 valence electrons. The van der Waals surface area contributed by atoms with Crippen LogP contribution < -0.4 is 10.1 Å². The molecular formula is C21H19F2N5O2S. The van der Waals surface area contributed by atoms with Crippen LogP contribution in [0.15, 0.2) is 53.7 Å². The van der Waals surface area contributed by atoms with Gasteiger partial charge in [-0.15, -0.1) is 10.2 Å². The van der Waals surface area contributed by atoms with Crippen molar-refractivity contribution in [3.05, 3.63) is 48.5 Å².